The summed E-state index contributed by atoms with van der Waals surface area (Å²) in [7, 11) is 0. The maximum Gasteiger partial charge on any atom is 0.163 e. The summed E-state index contributed by atoms with van der Waals surface area (Å²) in [6.45, 7) is 15.1. The van der Waals surface area contributed by atoms with Crippen LogP contribution < -0.4 is 0 Å². The Bertz CT molecular complexity index is 1100. The van der Waals surface area contributed by atoms with Crippen molar-refractivity contribution in [3.63, 3.8) is 0 Å². The molecule has 12 heteroatoms. The molecule has 2 saturated heterocycles. The Labute approximate surface area is 301 Å². The van der Waals surface area contributed by atoms with E-state index in [1.165, 1.54) is 89.9 Å². The summed E-state index contributed by atoms with van der Waals surface area (Å²) in [4.78, 5) is 0. The van der Waals surface area contributed by atoms with E-state index in [4.69, 9.17) is 28.4 Å². The molecule has 2 aliphatic rings. The topological polar surface area (TPSA) is 117 Å². The predicted molar refractivity (Wildman–Crippen MR) is 192 cm³/mol. The zero-order chi connectivity index (χ0) is 35.7. The summed E-state index contributed by atoms with van der Waals surface area (Å²) in [5.74, 6) is -1.47. The molecule has 0 radical (unpaired) electrons. The maximum atomic E-state index is 6.63. The lowest BCUT2D eigenvalue weighted by atomic mass is 10.0. The molecule has 286 valence electrons. The first-order valence-corrected chi connectivity index (χ1v) is 19.8. The molecule has 0 aromatic carbocycles. The zero-order valence-electron chi connectivity index (χ0n) is 32.2. The Hall–Kier alpha value is -1.96. The van der Waals surface area contributed by atoms with Crippen LogP contribution in [-0.4, -0.2) is 79.2 Å². The average molecular weight is 705 g/mol. The van der Waals surface area contributed by atoms with Crippen molar-refractivity contribution in [2.24, 2.45) is 0 Å². The summed E-state index contributed by atoms with van der Waals surface area (Å²) < 4.78 is 41.8. The van der Waals surface area contributed by atoms with E-state index in [1.54, 1.807) is 0 Å². The summed E-state index contributed by atoms with van der Waals surface area (Å²) in [6, 6.07) is 0. The monoisotopic (exact) mass is 705 g/mol. The van der Waals surface area contributed by atoms with Crippen molar-refractivity contribution >= 4 is 0 Å². The fourth-order valence-corrected chi connectivity index (χ4v) is 6.79. The Morgan fingerprint density at radius 1 is 0.600 bits per heavy atom. The molecule has 2 fully saturated rings. The van der Waals surface area contributed by atoms with Crippen LogP contribution in [0.2, 0.25) is 0 Å². The van der Waals surface area contributed by atoms with E-state index in [-0.39, 0.29) is 25.4 Å². The largest absolute Gasteiger partial charge is 0.366 e. The van der Waals surface area contributed by atoms with Crippen LogP contribution in [0.3, 0.4) is 0 Å². The molecule has 0 spiro atoms. The van der Waals surface area contributed by atoms with Crippen LogP contribution in [0.1, 0.15) is 156 Å². The van der Waals surface area contributed by atoms with Gasteiger partial charge >= 0.3 is 0 Å². The van der Waals surface area contributed by atoms with Gasteiger partial charge in [-0.3, -0.25) is 9.36 Å². The fourth-order valence-electron chi connectivity index (χ4n) is 6.79. The maximum absolute atomic E-state index is 6.63. The van der Waals surface area contributed by atoms with E-state index < -0.39 is 23.8 Å². The number of hydrogen-bond acceptors (Lipinski definition) is 10. The van der Waals surface area contributed by atoms with Gasteiger partial charge in [-0.25, -0.2) is 0 Å². The molecule has 2 aromatic rings. The van der Waals surface area contributed by atoms with Gasteiger partial charge in [0, 0.05) is 13.1 Å². The van der Waals surface area contributed by atoms with Crippen molar-refractivity contribution in [1.29, 1.82) is 0 Å². The van der Waals surface area contributed by atoms with Crippen LogP contribution in [-0.2, 0) is 54.7 Å². The lowest BCUT2D eigenvalue weighted by Gasteiger charge is -2.34. The highest BCUT2D eigenvalue weighted by molar-refractivity contribution is 4.96. The number of nitrogens with zero attached hydrogens (tertiary/aromatic N) is 6. The highest BCUT2D eigenvalue weighted by atomic mass is 16.8. The van der Waals surface area contributed by atoms with Crippen LogP contribution in [0.15, 0.2) is 12.4 Å². The van der Waals surface area contributed by atoms with Crippen molar-refractivity contribution in [2.75, 3.05) is 13.2 Å². The van der Waals surface area contributed by atoms with Crippen molar-refractivity contribution < 1.29 is 28.4 Å². The summed E-state index contributed by atoms with van der Waals surface area (Å²) in [6.07, 6.45) is 22.6. The van der Waals surface area contributed by atoms with Crippen LogP contribution >= 0.6 is 0 Å². The van der Waals surface area contributed by atoms with Crippen molar-refractivity contribution in [2.45, 2.75) is 207 Å². The quantitative estimate of drug-likeness (QED) is 0.0849. The molecule has 0 N–H and O–H groups in total. The van der Waals surface area contributed by atoms with Gasteiger partial charge in [0.25, 0.3) is 0 Å². The van der Waals surface area contributed by atoms with Crippen molar-refractivity contribution in [1.82, 2.24) is 30.0 Å². The minimum atomic E-state index is -0.736. The second kappa shape index (κ2) is 21.5. The molecule has 2 aromatic heterocycles. The average Bonchev–Trinajstić information content (AvgIpc) is 3.89. The van der Waals surface area contributed by atoms with E-state index in [0.29, 0.717) is 13.2 Å². The molecule has 0 amide bonds. The van der Waals surface area contributed by atoms with Gasteiger partial charge in [-0.1, -0.05) is 114 Å². The van der Waals surface area contributed by atoms with Gasteiger partial charge in [-0.15, -0.1) is 10.2 Å². The van der Waals surface area contributed by atoms with E-state index in [0.717, 1.165) is 37.3 Å². The van der Waals surface area contributed by atoms with E-state index in [2.05, 4.69) is 34.5 Å². The number of ether oxygens (including phenoxy) is 6. The molecule has 0 bridgehead atoms. The number of aryl methyl sites for hydroxylation is 2. The Balaban J connectivity index is 1.33. The molecule has 0 aliphatic carbocycles. The Morgan fingerprint density at radius 2 is 0.960 bits per heavy atom. The molecule has 4 atom stereocenters. The molecular weight excluding hydrogens is 636 g/mol. The third kappa shape index (κ3) is 14.6. The summed E-state index contributed by atoms with van der Waals surface area (Å²) >= 11 is 0. The van der Waals surface area contributed by atoms with E-state index in [1.807, 2.05) is 49.5 Å². The standard InChI is InChI=1S/C38H68N6O6/c1-7-9-11-13-15-17-19-21-23-43-25-31(39-41-43)27-45-35(33-29-47-37(3,4)49-33)36(34-30-48-38(5,6)50-34)46-28-32-26-44(42-40-32)24-22-20-18-16-14-12-10-8-2/h25-26,33-36H,7-24,27-30H2,1-6H3/t33-,34-,35-,36-/m1/s1. The van der Waals surface area contributed by atoms with Crippen molar-refractivity contribution in [3.05, 3.63) is 23.8 Å². The van der Waals surface area contributed by atoms with Crippen LogP contribution in [0.25, 0.3) is 0 Å². The molecule has 0 saturated carbocycles. The normalized spacial score (nSPS) is 21.2. The first-order valence-electron chi connectivity index (χ1n) is 19.8. The Morgan fingerprint density at radius 3 is 1.30 bits per heavy atom. The summed E-state index contributed by atoms with van der Waals surface area (Å²) in [5.41, 5.74) is 1.53. The molecule has 2 aliphatic heterocycles. The number of aromatic nitrogens is 6. The highest BCUT2D eigenvalue weighted by Crippen LogP contribution is 2.33. The third-order valence-corrected chi connectivity index (χ3v) is 9.62. The van der Waals surface area contributed by atoms with Gasteiger partial charge in [0.15, 0.2) is 11.6 Å². The number of rotatable bonds is 27. The van der Waals surface area contributed by atoms with Gasteiger partial charge in [0.2, 0.25) is 0 Å². The second-order valence-electron chi connectivity index (χ2n) is 15.2. The minimum absolute atomic E-state index is 0.258. The van der Waals surface area contributed by atoms with E-state index >= 15 is 0 Å². The second-order valence-corrected chi connectivity index (χ2v) is 15.2. The molecule has 12 nitrogen and oxygen atoms in total. The fraction of sp³-hybridized carbons (Fsp3) is 0.895. The lowest BCUT2D eigenvalue weighted by Crippen LogP contribution is -2.50. The van der Waals surface area contributed by atoms with Gasteiger partial charge < -0.3 is 28.4 Å². The van der Waals surface area contributed by atoms with E-state index in [9.17, 15) is 0 Å². The predicted octanol–water partition coefficient (Wildman–Crippen LogP) is 7.92. The first kappa shape index (κ1) is 40.8. The van der Waals surface area contributed by atoms with Crippen molar-refractivity contribution in [3.8, 4) is 0 Å². The minimum Gasteiger partial charge on any atom is -0.366 e. The van der Waals surface area contributed by atoms with Crippen LogP contribution in [0.4, 0.5) is 0 Å². The van der Waals surface area contributed by atoms with Gasteiger partial charge in [-0.05, 0) is 40.5 Å². The zero-order valence-corrected chi connectivity index (χ0v) is 32.2. The SMILES string of the molecule is CCCCCCCCCCn1cc(CO[C@@H]([C@H](OCc2cn(CCCCCCCCCC)nn2)[C@H]2COC(C)(C)O2)[C@H]2COC(C)(C)O2)nn1. The molecule has 50 heavy (non-hydrogen) atoms. The first-order chi connectivity index (χ1) is 24.2. The van der Waals surface area contributed by atoms with Crippen LogP contribution in [0, 0.1) is 0 Å². The molecule has 4 rings (SSSR count). The van der Waals surface area contributed by atoms with Crippen LogP contribution in [0.5, 0.6) is 0 Å². The molecule has 0 unspecified atom stereocenters. The molecular formula is C38H68N6O6. The Kier molecular flexibility index (Phi) is 17.6. The molecule has 4 heterocycles. The number of hydrogen-bond donors (Lipinski definition) is 0. The summed E-state index contributed by atoms with van der Waals surface area (Å²) in [5, 5.41) is 17.6. The highest BCUT2D eigenvalue weighted by Gasteiger charge is 2.48. The smallest absolute Gasteiger partial charge is 0.163 e. The lowest BCUT2D eigenvalue weighted by molar-refractivity contribution is -0.208. The van der Waals surface area contributed by atoms with Gasteiger partial charge in [0.05, 0.1) is 38.8 Å². The van der Waals surface area contributed by atoms with Gasteiger partial charge in [-0.2, -0.15) is 0 Å². The third-order valence-electron chi connectivity index (χ3n) is 9.62. The number of unbranched alkanes of at least 4 members (excludes halogenated alkanes) is 14. The van der Waals surface area contributed by atoms with Gasteiger partial charge in [0.1, 0.15) is 35.8 Å².